The van der Waals surface area contributed by atoms with Gasteiger partial charge in [-0.1, -0.05) is 6.04 Å². The summed E-state index contributed by atoms with van der Waals surface area (Å²) < 4.78 is 5.81. The molecule has 0 aromatic rings. The van der Waals surface area contributed by atoms with Gasteiger partial charge in [-0.25, -0.2) is 0 Å². The van der Waals surface area contributed by atoms with Gasteiger partial charge in [-0.3, -0.25) is 0 Å². The molecule has 106 valence electrons. The summed E-state index contributed by atoms with van der Waals surface area (Å²) in [7, 11) is 0.624. The Balaban J connectivity index is 2.25. The lowest BCUT2D eigenvalue weighted by Gasteiger charge is -2.46. The van der Waals surface area contributed by atoms with Crippen LogP contribution in [0.2, 0.25) is 6.04 Å². The molecule has 1 aliphatic heterocycles. The summed E-state index contributed by atoms with van der Waals surface area (Å²) in [6.07, 6.45) is 3.57. The molecule has 1 aliphatic rings. The lowest BCUT2D eigenvalue weighted by Crippen LogP contribution is -2.59. The Morgan fingerprint density at radius 2 is 1.78 bits per heavy atom. The topological polar surface area (TPSA) is 21.3 Å². The molecule has 0 unspecified atom stereocenters. The zero-order chi connectivity index (χ0) is 13.8. The van der Waals surface area contributed by atoms with Crippen molar-refractivity contribution >= 4 is 32.7 Å². The summed E-state index contributed by atoms with van der Waals surface area (Å²) in [4.78, 5) is 0. The van der Waals surface area contributed by atoms with Crippen LogP contribution in [-0.2, 0) is 4.74 Å². The molecule has 0 bridgehead atoms. The van der Waals surface area contributed by atoms with Gasteiger partial charge in [0.1, 0.15) is 0 Å². The lowest BCUT2D eigenvalue weighted by atomic mass is 9.81. The molecule has 0 saturated carbocycles. The van der Waals surface area contributed by atoms with E-state index in [1.807, 2.05) is 0 Å². The summed E-state index contributed by atoms with van der Waals surface area (Å²) in [6.45, 7) is 9.81. The van der Waals surface area contributed by atoms with E-state index in [1.165, 1.54) is 0 Å². The summed E-state index contributed by atoms with van der Waals surface area (Å²) in [5.74, 6) is 0. The van der Waals surface area contributed by atoms with E-state index >= 15 is 0 Å². The van der Waals surface area contributed by atoms with Gasteiger partial charge < -0.3 is 10.1 Å². The molecule has 0 aliphatic carbocycles. The van der Waals surface area contributed by atoms with Gasteiger partial charge in [0.15, 0.2) is 0 Å². The fraction of sp³-hybridized carbons (Fsp3) is 1.00. The van der Waals surface area contributed by atoms with Gasteiger partial charge in [-0.05, 0) is 47.0 Å². The molecule has 1 saturated heterocycles. The van der Waals surface area contributed by atoms with Gasteiger partial charge in [-0.15, -0.1) is 23.2 Å². The predicted octanol–water partition coefficient (Wildman–Crippen LogP) is 3.59. The first kappa shape index (κ1) is 16.8. The van der Waals surface area contributed by atoms with Crippen LogP contribution in [0.1, 0.15) is 47.0 Å². The van der Waals surface area contributed by atoms with E-state index in [4.69, 9.17) is 27.9 Å². The molecule has 0 spiro atoms. The normalized spacial score (nSPS) is 23.5. The number of piperidine rings is 1. The second kappa shape index (κ2) is 6.94. The minimum absolute atomic E-state index is 0.158. The van der Waals surface area contributed by atoms with Crippen molar-refractivity contribution in [3.05, 3.63) is 0 Å². The number of hydrogen-bond acceptors (Lipinski definition) is 2. The predicted molar refractivity (Wildman–Crippen MR) is 80.9 cm³/mol. The number of nitrogens with one attached hydrogen (secondary N) is 1. The molecular formula is C13H25Cl2NOSi. The Kier molecular flexibility index (Phi) is 6.46. The fourth-order valence-electron chi connectivity index (χ4n) is 2.88. The highest BCUT2D eigenvalue weighted by molar-refractivity contribution is 6.68. The second-order valence-electron chi connectivity index (χ2n) is 6.40. The fourth-order valence-corrected chi connectivity index (χ4v) is 4.10. The molecule has 2 radical (unpaired) electrons. The first-order chi connectivity index (χ1) is 8.20. The van der Waals surface area contributed by atoms with Crippen molar-refractivity contribution in [1.29, 1.82) is 0 Å². The Bertz CT molecular complexity index is 243. The third-order valence-electron chi connectivity index (χ3n) is 3.13. The summed E-state index contributed by atoms with van der Waals surface area (Å²) in [5, 5.41) is 3.66. The van der Waals surface area contributed by atoms with E-state index in [2.05, 4.69) is 33.0 Å². The number of halogens is 2. The van der Waals surface area contributed by atoms with Crippen LogP contribution in [0.25, 0.3) is 0 Å². The number of alkyl halides is 2. The molecule has 0 aromatic heterocycles. The Hall–Kier alpha value is 0.717. The maximum atomic E-state index is 6.01. The molecule has 0 aromatic carbocycles. The van der Waals surface area contributed by atoms with E-state index in [9.17, 15) is 0 Å². The molecule has 18 heavy (non-hydrogen) atoms. The summed E-state index contributed by atoms with van der Waals surface area (Å²) in [5.41, 5.74) is 0.317. The van der Waals surface area contributed by atoms with Crippen LogP contribution in [0.4, 0.5) is 0 Å². The van der Waals surface area contributed by atoms with Gasteiger partial charge in [0.2, 0.25) is 0 Å². The van der Waals surface area contributed by atoms with Crippen molar-refractivity contribution in [3.8, 4) is 0 Å². The highest BCUT2D eigenvalue weighted by atomic mass is 35.5. The minimum Gasteiger partial charge on any atom is -0.378 e. The van der Waals surface area contributed by atoms with E-state index in [1.54, 1.807) is 0 Å². The zero-order valence-corrected chi connectivity index (χ0v) is 14.4. The molecule has 5 heteroatoms. The monoisotopic (exact) mass is 309 g/mol. The van der Waals surface area contributed by atoms with Crippen LogP contribution < -0.4 is 5.32 Å². The lowest BCUT2D eigenvalue weighted by molar-refractivity contribution is -0.0212. The number of rotatable bonds is 6. The van der Waals surface area contributed by atoms with Crippen molar-refractivity contribution < 1.29 is 4.74 Å². The molecular weight excluding hydrogens is 285 g/mol. The van der Waals surface area contributed by atoms with Crippen molar-refractivity contribution in [3.63, 3.8) is 0 Å². The number of hydrogen-bond donors (Lipinski definition) is 1. The van der Waals surface area contributed by atoms with Crippen LogP contribution in [0.15, 0.2) is 0 Å². The first-order valence-corrected chi connectivity index (χ1v) is 8.78. The average molecular weight is 310 g/mol. The van der Waals surface area contributed by atoms with E-state index in [0.29, 0.717) is 15.6 Å². The SMILES string of the molecule is CC1(C)CC(OCCC[Si]C(Cl)Cl)CC(C)(C)N1. The first-order valence-electron chi connectivity index (χ1n) is 6.63. The van der Waals surface area contributed by atoms with Crippen LogP contribution in [0, 0.1) is 0 Å². The molecule has 1 fully saturated rings. The average Bonchev–Trinajstić information content (AvgIpc) is 2.11. The van der Waals surface area contributed by atoms with Crippen molar-refractivity contribution in [2.45, 2.75) is 74.6 Å². The third-order valence-corrected chi connectivity index (χ3v) is 5.00. The maximum absolute atomic E-state index is 6.01. The highest BCUT2D eigenvalue weighted by Crippen LogP contribution is 2.30. The molecule has 1 rings (SSSR count). The molecule has 1 N–H and O–H groups in total. The minimum atomic E-state index is -0.207. The van der Waals surface area contributed by atoms with Gasteiger partial charge in [0.05, 0.1) is 20.1 Å². The van der Waals surface area contributed by atoms with E-state index < -0.39 is 0 Å². The van der Waals surface area contributed by atoms with E-state index in [-0.39, 0.29) is 15.5 Å². The molecule has 1 heterocycles. The molecule has 0 atom stereocenters. The summed E-state index contributed by atoms with van der Waals surface area (Å²) in [6, 6.07) is 1.06. The maximum Gasteiger partial charge on any atom is 0.0929 e. The van der Waals surface area contributed by atoms with Gasteiger partial charge in [0, 0.05) is 17.7 Å². The largest absolute Gasteiger partial charge is 0.378 e. The van der Waals surface area contributed by atoms with Gasteiger partial charge in [-0.2, -0.15) is 0 Å². The van der Waals surface area contributed by atoms with Crippen molar-refractivity contribution in [1.82, 2.24) is 5.32 Å². The second-order valence-corrected chi connectivity index (χ2v) is 9.72. The van der Waals surface area contributed by atoms with Gasteiger partial charge in [0.25, 0.3) is 0 Å². The molecule has 0 amide bonds. The van der Waals surface area contributed by atoms with Crippen molar-refractivity contribution in [2.75, 3.05) is 6.61 Å². The number of ether oxygens (including phenoxy) is 1. The smallest absolute Gasteiger partial charge is 0.0929 e. The Labute approximate surface area is 124 Å². The van der Waals surface area contributed by atoms with Crippen LogP contribution >= 0.6 is 23.2 Å². The van der Waals surface area contributed by atoms with E-state index in [0.717, 1.165) is 31.9 Å². The summed E-state index contributed by atoms with van der Waals surface area (Å²) >= 11 is 11.4. The van der Waals surface area contributed by atoms with Crippen molar-refractivity contribution in [2.24, 2.45) is 0 Å². The highest BCUT2D eigenvalue weighted by Gasteiger charge is 2.37. The van der Waals surface area contributed by atoms with Crippen LogP contribution in [0.3, 0.4) is 0 Å². The Morgan fingerprint density at radius 3 is 2.28 bits per heavy atom. The molecule has 2 nitrogen and oxygen atoms in total. The standard InChI is InChI=1S/C13H25Cl2NOSi/c1-12(2)8-10(9-13(3,4)16-12)17-6-5-7-18-11(14)15/h10-11,16H,5-9H2,1-4H3. The zero-order valence-electron chi connectivity index (χ0n) is 11.9. The van der Waals surface area contributed by atoms with Crippen LogP contribution in [-0.4, -0.2) is 37.8 Å². The quantitative estimate of drug-likeness (QED) is 0.460. The Morgan fingerprint density at radius 1 is 1.22 bits per heavy atom. The third kappa shape index (κ3) is 6.76. The van der Waals surface area contributed by atoms with Crippen LogP contribution in [0.5, 0.6) is 0 Å². The van der Waals surface area contributed by atoms with Gasteiger partial charge >= 0.3 is 0 Å².